The number of nitrogens with one attached hydrogen (secondary N) is 1. The Hall–Kier alpha value is -1.79. The number of pyridine rings is 1. The largest absolute Gasteiger partial charge is 0.357 e. The van der Waals surface area contributed by atoms with Gasteiger partial charge in [0.2, 0.25) is 0 Å². The van der Waals surface area contributed by atoms with E-state index >= 15 is 0 Å². The highest BCUT2D eigenvalue weighted by atomic mass is 35.5. The molecule has 0 spiro atoms. The van der Waals surface area contributed by atoms with Gasteiger partial charge in [-0.1, -0.05) is 17.7 Å². The van der Waals surface area contributed by atoms with E-state index in [-0.39, 0.29) is 4.90 Å². The summed E-state index contributed by atoms with van der Waals surface area (Å²) in [5.74, 6) is 0.815. The lowest BCUT2D eigenvalue weighted by molar-refractivity contribution is 0.601. The maximum Gasteiger partial charge on any atom is 0.261 e. The van der Waals surface area contributed by atoms with Crippen LogP contribution in [-0.2, 0) is 10.0 Å². The molecular weight excluding hydrogens is 322 g/mol. The lowest BCUT2D eigenvalue weighted by atomic mass is 10.4. The minimum Gasteiger partial charge on any atom is -0.357 e. The summed E-state index contributed by atoms with van der Waals surface area (Å²) in [6.45, 7) is 5.77. The molecule has 0 saturated carbocycles. The van der Waals surface area contributed by atoms with Crippen molar-refractivity contribution in [2.75, 3.05) is 22.7 Å². The van der Waals surface area contributed by atoms with Gasteiger partial charge in [-0.05, 0) is 44.2 Å². The minimum absolute atomic E-state index is 0.118. The van der Waals surface area contributed by atoms with Gasteiger partial charge in [0.05, 0.1) is 16.8 Å². The standard InChI is InChI=1S/C15H18ClN3O2S/c1-3-19(4-2)15-9-8-13(11-17-15)18-22(20,21)14-7-5-6-12(16)10-14/h5-11,18H,3-4H2,1-2H3. The van der Waals surface area contributed by atoms with E-state index in [0.29, 0.717) is 10.7 Å². The van der Waals surface area contributed by atoms with E-state index in [2.05, 4.69) is 14.6 Å². The van der Waals surface area contributed by atoms with Gasteiger partial charge in [-0.3, -0.25) is 4.72 Å². The molecule has 0 aliphatic heterocycles. The lowest BCUT2D eigenvalue weighted by Crippen LogP contribution is -2.22. The van der Waals surface area contributed by atoms with Crippen LogP contribution in [0.3, 0.4) is 0 Å². The number of anilines is 2. The Balaban J connectivity index is 2.20. The van der Waals surface area contributed by atoms with Crippen LogP contribution in [0.25, 0.3) is 0 Å². The highest BCUT2D eigenvalue weighted by molar-refractivity contribution is 7.92. The average molecular weight is 340 g/mol. The predicted molar refractivity (Wildman–Crippen MR) is 90.1 cm³/mol. The highest BCUT2D eigenvalue weighted by Gasteiger charge is 2.15. The quantitative estimate of drug-likeness (QED) is 0.876. The molecule has 0 aliphatic rings. The van der Waals surface area contributed by atoms with Gasteiger partial charge in [-0.15, -0.1) is 0 Å². The van der Waals surface area contributed by atoms with E-state index < -0.39 is 10.0 Å². The van der Waals surface area contributed by atoms with E-state index in [9.17, 15) is 8.42 Å². The molecular formula is C15H18ClN3O2S. The second-order valence-corrected chi connectivity index (χ2v) is 6.76. The number of halogens is 1. The third kappa shape index (κ3) is 3.90. The number of benzene rings is 1. The predicted octanol–water partition coefficient (Wildman–Crippen LogP) is 3.38. The average Bonchev–Trinajstić information content (AvgIpc) is 2.50. The van der Waals surface area contributed by atoms with Crippen molar-refractivity contribution in [1.82, 2.24) is 4.98 Å². The van der Waals surface area contributed by atoms with Crippen LogP contribution >= 0.6 is 11.6 Å². The fourth-order valence-corrected chi connectivity index (χ4v) is 3.37. The van der Waals surface area contributed by atoms with E-state index in [1.807, 2.05) is 13.8 Å². The van der Waals surface area contributed by atoms with Crippen molar-refractivity contribution >= 4 is 33.1 Å². The highest BCUT2D eigenvalue weighted by Crippen LogP contribution is 2.20. The molecule has 2 rings (SSSR count). The molecule has 5 nitrogen and oxygen atoms in total. The molecule has 0 saturated heterocycles. The first kappa shape index (κ1) is 16.6. The molecule has 7 heteroatoms. The Bertz CT molecular complexity index is 729. The van der Waals surface area contributed by atoms with Gasteiger partial charge in [-0.25, -0.2) is 13.4 Å². The summed E-state index contributed by atoms with van der Waals surface area (Å²) < 4.78 is 27.1. The first-order chi connectivity index (χ1) is 10.5. The summed E-state index contributed by atoms with van der Waals surface area (Å²) in [6.07, 6.45) is 1.51. The van der Waals surface area contributed by atoms with Crippen LogP contribution in [-0.4, -0.2) is 26.5 Å². The Morgan fingerprint density at radius 3 is 2.45 bits per heavy atom. The van der Waals surface area contributed by atoms with Crippen molar-refractivity contribution in [3.63, 3.8) is 0 Å². The van der Waals surface area contributed by atoms with Crippen LogP contribution < -0.4 is 9.62 Å². The molecule has 1 N–H and O–H groups in total. The molecule has 0 bridgehead atoms. The summed E-state index contributed by atoms with van der Waals surface area (Å²) in [5.41, 5.74) is 0.413. The molecule has 1 aromatic heterocycles. The molecule has 1 aromatic carbocycles. The second-order valence-electron chi connectivity index (χ2n) is 4.64. The zero-order valence-corrected chi connectivity index (χ0v) is 14.0. The van der Waals surface area contributed by atoms with Crippen LogP contribution in [0.4, 0.5) is 11.5 Å². The van der Waals surface area contributed by atoms with E-state index in [0.717, 1.165) is 18.9 Å². The van der Waals surface area contributed by atoms with Crippen molar-refractivity contribution in [1.29, 1.82) is 0 Å². The first-order valence-electron chi connectivity index (χ1n) is 6.95. The SMILES string of the molecule is CCN(CC)c1ccc(NS(=O)(=O)c2cccc(Cl)c2)cn1. The van der Waals surface area contributed by atoms with Crippen LogP contribution in [0, 0.1) is 0 Å². The van der Waals surface area contributed by atoms with Crippen molar-refractivity contribution in [2.24, 2.45) is 0 Å². The van der Waals surface area contributed by atoms with Crippen molar-refractivity contribution in [3.05, 3.63) is 47.6 Å². The third-order valence-corrected chi connectivity index (χ3v) is 4.81. The zero-order chi connectivity index (χ0) is 16.2. The normalized spacial score (nSPS) is 11.2. The van der Waals surface area contributed by atoms with Gasteiger partial charge in [-0.2, -0.15) is 0 Å². The molecule has 22 heavy (non-hydrogen) atoms. The van der Waals surface area contributed by atoms with E-state index in [1.54, 1.807) is 24.3 Å². The molecule has 0 fully saturated rings. The van der Waals surface area contributed by atoms with Gasteiger partial charge >= 0.3 is 0 Å². The fraction of sp³-hybridized carbons (Fsp3) is 0.267. The summed E-state index contributed by atoms with van der Waals surface area (Å²) in [6, 6.07) is 9.61. The summed E-state index contributed by atoms with van der Waals surface area (Å²) in [5, 5.41) is 0.373. The molecule has 0 atom stereocenters. The number of hydrogen-bond donors (Lipinski definition) is 1. The maximum atomic E-state index is 12.3. The van der Waals surface area contributed by atoms with Gasteiger partial charge in [0.15, 0.2) is 0 Å². The molecule has 118 valence electrons. The Labute approximate surface area is 136 Å². The molecule has 0 unspecified atom stereocenters. The van der Waals surface area contributed by atoms with Gasteiger partial charge in [0.25, 0.3) is 10.0 Å². The minimum atomic E-state index is -3.67. The van der Waals surface area contributed by atoms with Crippen LogP contribution in [0.5, 0.6) is 0 Å². The van der Waals surface area contributed by atoms with Crippen LogP contribution in [0.1, 0.15) is 13.8 Å². The Kier molecular flexibility index (Phi) is 5.26. The van der Waals surface area contributed by atoms with Gasteiger partial charge in [0, 0.05) is 18.1 Å². The van der Waals surface area contributed by atoms with E-state index in [1.165, 1.54) is 18.3 Å². The number of hydrogen-bond acceptors (Lipinski definition) is 4. The number of rotatable bonds is 6. The molecule has 1 heterocycles. The lowest BCUT2D eigenvalue weighted by Gasteiger charge is -2.19. The molecule has 0 amide bonds. The maximum absolute atomic E-state index is 12.3. The van der Waals surface area contributed by atoms with Crippen molar-refractivity contribution in [3.8, 4) is 0 Å². The zero-order valence-electron chi connectivity index (χ0n) is 12.5. The van der Waals surface area contributed by atoms with Gasteiger partial charge < -0.3 is 4.90 Å². The smallest absolute Gasteiger partial charge is 0.261 e. The van der Waals surface area contributed by atoms with Crippen molar-refractivity contribution in [2.45, 2.75) is 18.7 Å². The Morgan fingerprint density at radius 2 is 1.91 bits per heavy atom. The monoisotopic (exact) mass is 339 g/mol. The molecule has 0 aliphatic carbocycles. The fourth-order valence-electron chi connectivity index (χ4n) is 2.03. The first-order valence-corrected chi connectivity index (χ1v) is 8.81. The summed E-state index contributed by atoms with van der Waals surface area (Å²) in [4.78, 5) is 6.49. The molecule has 0 radical (unpaired) electrons. The third-order valence-electron chi connectivity index (χ3n) is 3.19. The number of aromatic nitrogens is 1. The number of sulfonamides is 1. The molecule has 2 aromatic rings. The second kappa shape index (κ2) is 6.98. The van der Waals surface area contributed by atoms with Crippen LogP contribution in [0.15, 0.2) is 47.5 Å². The number of nitrogens with zero attached hydrogens (tertiary/aromatic N) is 2. The topological polar surface area (TPSA) is 62.3 Å². The van der Waals surface area contributed by atoms with Gasteiger partial charge in [0.1, 0.15) is 5.82 Å². The van der Waals surface area contributed by atoms with Crippen LogP contribution in [0.2, 0.25) is 5.02 Å². The summed E-state index contributed by atoms with van der Waals surface area (Å²) >= 11 is 5.83. The summed E-state index contributed by atoms with van der Waals surface area (Å²) in [7, 11) is -3.67. The van der Waals surface area contributed by atoms with Crippen molar-refractivity contribution < 1.29 is 8.42 Å². The van der Waals surface area contributed by atoms with E-state index in [4.69, 9.17) is 11.6 Å². The Morgan fingerprint density at radius 1 is 1.18 bits per heavy atom.